The fraction of sp³-hybridized carbons (Fsp3) is 0.750. The van der Waals surface area contributed by atoms with Gasteiger partial charge in [-0.05, 0) is 19.8 Å². The van der Waals surface area contributed by atoms with E-state index in [0.717, 1.165) is 11.5 Å². The highest BCUT2D eigenvalue weighted by atomic mass is 14.9. The van der Waals surface area contributed by atoms with Crippen molar-refractivity contribution in [3.05, 3.63) is 0 Å². The van der Waals surface area contributed by atoms with E-state index in [1.165, 1.54) is 0 Å². The van der Waals surface area contributed by atoms with Crippen LogP contribution in [0.4, 0.5) is 0 Å². The second kappa shape index (κ2) is 4.20. The minimum absolute atomic E-state index is 0.525. The van der Waals surface area contributed by atoms with Gasteiger partial charge in [0.05, 0.1) is 0 Å². The summed E-state index contributed by atoms with van der Waals surface area (Å²) in [5.41, 5.74) is 1.14. The summed E-state index contributed by atoms with van der Waals surface area (Å²) in [6, 6.07) is 0. The maximum Gasteiger partial charge on any atom is 0.119 e. The van der Waals surface area contributed by atoms with E-state index in [1.807, 2.05) is 13.8 Å². The minimum Gasteiger partial charge on any atom is -0.274 e. The summed E-state index contributed by atoms with van der Waals surface area (Å²) >= 11 is 0. The molecular weight excluding hydrogens is 124 g/mol. The Kier molecular flexibility index (Phi) is 3.93. The van der Waals surface area contributed by atoms with Crippen molar-refractivity contribution in [2.45, 2.75) is 27.7 Å². The lowest BCUT2D eigenvalue weighted by molar-refractivity contribution is 0.880. The van der Waals surface area contributed by atoms with E-state index in [4.69, 9.17) is 0 Å². The molecule has 0 unspecified atom stereocenters. The van der Waals surface area contributed by atoms with Crippen LogP contribution in [0.1, 0.15) is 27.7 Å². The molecule has 10 heavy (non-hydrogen) atoms. The van der Waals surface area contributed by atoms with E-state index in [1.54, 1.807) is 7.05 Å². The molecule has 0 radical (unpaired) electrons. The Balaban J connectivity index is 4.17. The van der Waals surface area contributed by atoms with Crippen LogP contribution in [0.25, 0.3) is 0 Å². The van der Waals surface area contributed by atoms with Gasteiger partial charge in [0.15, 0.2) is 0 Å². The van der Waals surface area contributed by atoms with Crippen LogP contribution in [-0.4, -0.2) is 18.6 Å². The molecule has 0 aliphatic carbocycles. The molecule has 0 aromatic heterocycles. The summed E-state index contributed by atoms with van der Waals surface area (Å²) in [4.78, 5) is 8.20. The summed E-state index contributed by atoms with van der Waals surface area (Å²) in [5, 5.41) is 0. The Morgan fingerprint density at radius 1 is 1.20 bits per heavy atom. The monoisotopic (exact) mass is 140 g/mol. The third-order valence-corrected chi connectivity index (χ3v) is 1.50. The van der Waals surface area contributed by atoms with E-state index in [9.17, 15) is 0 Å². The van der Waals surface area contributed by atoms with Gasteiger partial charge in [0, 0.05) is 12.8 Å². The first-order chi connectivity index (χ1) is 4.57. The quantitative estimate of drug-likeness (QED) is 0.394. The molecular formula is C8H16N2. The summed E-state index contributed by atoms with van der Waals surface area (Å²) < 4.78 is 0. The van der Waals surface area contributed by atoms with Gasteiger partial charge in [-0.1, -0.05) is 13.8 Å². The molecule has 0 aromatic rings. The average Bonchev–Trinajstić information content (AvgIpc) is 1.87. The number of hydrogen-bond donors (Lipinski definition) is 0. The van der Waals surface area contributed by atoms with Gasteiger partial charge in [0.2, 0.25) is 0 Å². The zero-order valence-electron chi connectivity index (χ0n) is 7.47. The van der Waals surface area contributed by atoms with Crippen molar-refractivity contribution in [2.24, 2.45) is 15.9 Å². The van der Waals surface area contributed by atoms with Crippen LogP contribution in [0.15, 0.2) is 9.98 Å². The first kappa shape index (κ1) is 9.34. The Bertz CT molecular complexity index is 155. The van der Waals surface area contributed by atoms with Crippen molar-refractivity contribution in [3.63, 3.8) is 0 Å². The SMILES string of the molecule is CN=C(C)N=C(C)C(C)C. The van der Waals surface area contributed by atoms with Crippen LogP contribution in [-0.2, 0) is 0 Å². The van der Waals surface area contributed by atoms with E-state index in [0.29, 0.717) is 5.92 Å². The first-order valence-electron chi connectivity index (χ1n) is 3.56. The van der Waals surface area contributed by atoms with Crippen molar-refractivity contribution in [3.8, 4) is 0 Å². The molecule has 0 fully saturated rings. The second-order valence-corrected chi connectivity index (χ2v) is 2.68. The van der Waals surface area contributed by atoms with E-state index >= 15 is 0 Å². The summed E-state index contributed by atoms with van der Waals surface area (Å²) in [7, 11) is 1.76. The third kappa shape index (κ3) is 3.38. The van der Waals surface area contributed by atoms with Gasteiger partial charge >= 0.3 is 0 Å². The summed E-state index contributed by atoms with van der Waals surface area (Å²) in [6.45, 7) is 8.19. The largest absolute Gasteiger partial charge is 0.274 e. The van der Waals surface area contributed by atoms with Crippen molar-refractivity contribution < 1.29 is 0 Å². The lowest BCUT2D eigenvalue weighted by Crippen LogP contribution is -2.04. The van der Waals surface area contributed by atoms with Crippen LogP contribution in [0.3, 0.4) is 0 Å². The normalized spacial score (nSPS) is 14.6. The lowest BCUT2D eigenvalue weighted by Gasteiger charge is -2.01. The number of nitrogens with zero attached hydrogens (tertiary/aromatic N) is 2. The standard InChI is InChI=1S/C8H16N2/c1-6(2)7(3)10-8(4)9-5/h6H,1-5H3. The molecule has 0 rings (SSSR count). The van der Waals surface area contributed by atoms with Gasteiger partial charge in [-0.3, -0.25) is 4.99 Å². The molecule has 2 nitrogen and oxygen atoms in total. The molecule has 58 valence electrons. The number of amidine groups is 1. The maximum absolute atomic E-state index is 4.26. The van der Waals surface area contributed by atoms with Gasteiger partial charge in [-0.15, -0.1) is 0 Å². The van der Waals surface area contributed by atoms with Crippen LogP contribution in [0.5, 0.6) is 0 Å². The van der Waals surface area contributed by atoms with Crippen molar-refractivity contribution in [1.29, 1.82) is 0 Å². The molecule has 0 saturated carbocycles. The van der Waals surface area contributed by atoms with E-state index in [-0.39, 0.29) is 0 Å². The highest BCUT2D eigenvalue weighted by Crippen LogP contribution is 1.96. The Labute approximate surface area is 63.1 Å². The molecule has 2 heteroatoms. The Morgan fingerprint density at radius 3 is 2.00 bits per heavy atom. The van der Waals surface area contributed by atoms with Gasteiger partial charge < -0.3 is 0 Å². The van der Waals surface area contributed by atoms with Crippen LogP contribution < -0.4 is 0 Å². The number of aliphatic imine (C=N–C) groups is 2. The third-order valence-electron chi connectivity index (χ3n) is 1.50. The zero-order valence-corrected chi connectivity index (χ0v) is 7.47. The van der Waals surface area contributed by atoms with Crippen molar-refractivity contribution in [1.82, 2.24) is 0 Å². The number of rotatable bonds is 1. The molecule has 0 heterocycles. The predicted octanol–water partition coefficient (Wildman–Crippen LogP) is 2.15. The molecule has 0 N–H and O–H groups in total. The molecule has 0 amide bonds. The lowest BCUT2D eigenvalue weighted by atomic mass is 10.1. The van der Waals surface area contributed by atoms with Gasteiger partial charge in [0.25, 0.3) is 0 Å². The van der Waals surface area contributed by atoms with Crippen molar-refractivity contribution >= 4 is 11.5 Å². The van der Waals surface area contributed by atoms with Gasteiger partial charge in [-0.2, -0.15) is 0 Å². The fourth-order valence-electron chi connectivity index (χ4n) is 0.434. The topological polar surface area (TPSA) is 24.7 Å². The average molecular weight is 140 g/mol. The molecule has 0 aromatic carbocycles. The van der Waals surface area contributed by atoms with E-state index < -0.39 is 0 Å². The highest BCUT2D eigenvalue weighted by Gasteiger charge is 1.96. The maximum atomic E-state index is 4.26. The molecule has 0 bridgehead atoms. The van der Waals surface area contributed by atoms with Gasteiger partial charge in [0.1, 0.15) is 5.84 Å². The number of hydrogen-bond acceptors (Lipinski definition) is 1. The molecule has 0 aliphatic heterocycles. The highest BCUT2D eigenvalue weighted by molar-refractivity contribution is 5.96. The molecule has 0 aliphatic rings. The van der Waals surface area contributed by atoms with Crippen LogP contribution >= 0.6 is 0 Å². The Hall–Kier alpha value is -0.660. The fourth-order valence-corrected chi connectivity index (χ4v) is 0.434. The smallest absolute Gasteiger partial charge is 0.119 e. The molecule has 0 saturated heterocycles. The summed E-state index contributed by atoms with van der Waals surface area (Å²) in [6.07, 6.45) is 0. The molecule has 0 spiro atoms. The zero-order chi connectivity index (χ0) is 8.15. The van der Waals surface area contributed by atoms with Gasteiger partial charge in [-0.25, -0.2) is 4.99 Å². The first-order valence-corrected chi connectivity index (χ1v) is 3.56. The molecule has 0 atom stereocenters. The van der Waals surface area contributed by atoms with Crippen LogP contribution in [0.2, 0.25) is 0 Å². The van der Waals surface area contributed by atoms with Crippen molar-refractivity contribution in [2.75, 3.05) is 7.05 Å². The Morgan fingerprint density at radius 2 is 1.70 bits per heavy atom. The second-order valence-electron chi connectivity index (χ2n) is 2.68. The minimum atomic E-state index is 0.525. The van der Waals surface area contributed by atoms with E-state index in [2.05, 4.69) is 23.8 Å². The summed E-state index contributed by atoms with van der Waals surface area (Å²) in [5.74, 6) is 1.38. The predicted molar refractivity (Wildman–Crippen MR) is 47.0 cm³/mol. The van der Waals surface area contributed by atoms with Crippen LogP contribution in [0, 0.1) is 5.92 Å².